The van der Waals surface area contributed by atoms with E-state index in [0.717, 1.165) is 18.4 Å². The van der Waals surface area contributed by atoms with E-state index >= 15 is 0 Å². The van der Waals surface area contributed by atoms with E-state index in [2.05, 4.69) is 142 Å². The van der Waals surface area contributed by atoms with Crippen molar-refractivity contribution in [2.24, 2.45) is 16.6 Å². The molecule has 53 heavy (non-hydrogen) atoms. The van der Waals surface area contributed by atoms with Gasteiger partial charge in [-0.1, -0.05) is 179 Å². The van der Waals surface area contributed by atoms with Gasteiger partial charge in [0.25, 0.3) is 0 Å². The van der Waals surface area contributed by atoms with Gasteiger partial charge in [-0.25, -0.2) is 0 Å². The largest absolute Gasteiger partial charge is 0.326 e. The fourth-order valence-electron chi connectivity index (χ4n) is 7.29. The highest BCUT2D eigenvalue weighted by Gasteiger charge is 2.32. The number of rotatable bonds is 9. The van der Waals surface area contributed by atoms with Crippen molar-refractivity contribution >= 4 is 11.8 Å². The van der Waals surface area contributed by atoms with E-state index in [1.165, 1.54) is 55.7 Å². The number of aliphatic imine (C=N–C) groups is 1. The molecule has 270 valence electrons. The molecule has 0 aromatic heterocycles. The van der Waals surface area contributed by atoms with Crippen LogP contribution in [-0.2, 0) is 6.42 Å². The first-order valence-electron chi connectivity index (χ1n) is 19.3. The van der Waals surface area contributed by atoms with Crippen LogP contribution < -0.4 is 5.73 Å². The molecule has 3 atom stereocenters. The summed E-state index contributed by atoms with van der Waals surface area (Å²) in [6, 6.07) is 45.3. The second-order valence-electron chi connectivity index (χ2n) is 13.9. The quantitative estimate of drug-likeness (QED) is 0.121. The van der Waals surface area contributed by atoms with Gasteiger partial charge in [-0.2, -0.15) is 0 Å². The van der Waals surface area contributed by atoms with Crippen LogP contribution in [0.25, 0.3) is 27.8 Å². The molecule has 2 aliphatic rings. The number of aryl methyl sites for hydroxylation is 1. The Bertz CT molecular complexity index is 2080. The molecule has 2 aliphatic carbocycles. The first-order valence-corrected chi connectivity index (χ1v) is 19.3. The van der Waals surface area contributed by atoms with E-state index in [0.29, 0.717) is 18.4 Å². The Balaban J connectivity index is 0.000000229. The molecular weight excluding hydrogens is 641 g/mol. The van der Waals surface area contributed by atoms with Crippen molar-refractivity contribution in [1.82, 2.24) is 0 Å². The summed E-state index contributed by atoms with van der Waals surface area (Å²) in [4.78, 5) is 4.39. The summed E-state index contributed by atoms with van der Waals surface area (Å²) in [5.41, 5.74) is 22.3. The predicted molar refractivity (Wildman–Crippen MR) is 232 cm³/mol. The molecule has 2 nitrogen and oxygen atoms in total. The van der Waals surface area contributed by atoms with Gasteiger partial charge in [0.2, 0.25) is 0 Å². The van der Waals surface area contributed by atoms with Gasteiger partial charge in [0.15, 0.2) is 0 Å². The number of fused-ring (bicyclic) bond motifs is 2. The number of benzene rings is 5. The molecule has 0 spiro atoms. The van der Waals surface area contributed by atoms with Crippen LogP contribution in [0.3, 0.4) is 0 Å². The molecule has 0 fully saturated rings. The predicted octanol–water partition coefficient (Wildman–Crippen LogP) is 13.0. The zero-order valence-electron chi connectivity index (χ0n) is 32.5. The van der Waals surface area contributed by atoms with Crippen LogP contribution in [0.1, 0.15) is 74.8 Å². The van der Waals surface area contributed by atoms with Crippen LogP contribution in [0.4, 0.5) is 0 Å². The zero-order valence-corrected chi connectivity index (χ0v) is 32.5. The van der Waals surface area contributed by atoms with Crippen molar-refractivity contribution in [2.45, 2.75) is 66.3 Å². The van der Waals surface area contributed by atoms with Crippen molar-refractivity contribution in [2.75, 3.05) is 6.54 Å². The van der Waals surface area contributed by atoms with E-state index in [-0.39, 0.29) is 6.04 Å². The van der Waals surface area contributed by atoms with Crippen LogP contribution in [0, 0.1) is 12.8 Å². The molecule has 5 aromatic rings. The third kappa shape index (κ3) is 10.4. The van der Waals surface area contributed by atoms with Crippen molar-refractivity contribution in [3.63, 3.8) is 0 Å². The highest BCUT2D eigenvalue weighted by Crippen LogP contribution is 2.50. The number of nitrogens with zero attached hydrogens (tertiary/aromatic N) is 1. The minimum Gasteiger partial charge on any atom is -0.326 e. The second-order valence-corrected chi connectivity index (χ2v) is 13.9. The Morgan fingerprint density at radius 1 is 0.736 bits per heavy atom. The maximum absolute atomic E-state index is 6.06. The first-order chi connectivity index (χ1) is 25.9. The summed E-state index contributed by atoms with van der Waals surface area (Å²) in [6.45, 7) is 13.6. The summed E-state index contributed by atoms with van der Waals surface area (Å²) < 4.78 is 0. The Morgan fingerprint density at radius 2 is 1.38 bits per heavy atom. The van der Waals surface area contributed by atoms with Crippen molar-refractivity contribution in [3.05, 3.63) is 197 Å². The number of nitrogens with two attached hydrogens (primary N) is 1. The lowest BCUT2D eigenvalue weighted by Gasteiger charge is -2.22. The molecule has 0 heterocycles. The SMILES string of the molecule is C/C=C\C=C/C1=CC2=C(c3ccc(-c4cccc(-c5cccc(C)c5)c4)cc3C2C)C(C)C1.CC.NC(CN=Cc1ccccc1)Cc1ccccc1. The molecule has 0 amide bonds. The smallest absolute Gasteiger partial charge is 0.0544 e. The second kappa shape index (κ2) is 19.5. The fourth-order valence-corrected chi connectivity index (χ4v) is 7.29. The van der Waals surface area contributed by atoms with Gasteiger partial charge >= 0.3 is 0 Å². The highest BCUT2D eigenvalue weighted by atomic mass is 14.8. The topological polar surface area (TPSA) is 38.4 Å². The summed E-state index contributed by atoms with van der Waals surface area (Å²) in [5, 5.41) is 0. The van der Waals surface area contributed by atoms with Gasteiger partial charge in [0, 0.05) is 18.2 Å². The van der Waals surface area contributed by atoms with Crippen LogP contribution in [0.15, 0.2) is 174 Å². The standard InChI is InChI=1S/C33H32.C16H18N2.C2H6/c1-5-6-7-11-25-18-23(3)33-30-16-15-29(21-31(30)24(4)32(33)19-25)28-14-9-13-27(20-28)26-12-8-10-22(2)17-26;17-16(11-14-7-3-1-4-8-14)13-18-12-15-9-5-2-6-10-15;1-2/h5-17,19-21,23-24H,18H2,1-4H3;1-10,12,16H,11,13,17H2;1-2H3/b6-5-,11-7-;;. The molecule has 0 bridgehead atoms. The van der Waals surface area contributed by atoms with Crippen LogP contribution in [-0.4, -0.2) is 18.8 Å². The molecule has 2 heteroatoms. The molecule has 7 rings (SSSR count). The van der Waals surface area contributed by atoms with E-state index in [1.807, 2.05) is 68.6 Å². The fraction of sp³-hybridized carbons (Fsp3) is 0.235. The minimum absolute atomic E-state index is 0.0763. The maximum atomic E-state index is 6.06. The number of hydrogen-bond donors (Lipinski definition) is 1. The summed E-state index contributed by atoms with van der Waals surface area (Å²) in [7, 11) is 0. The van der Waals surface area contributed by atoms with Crippen molar-refractivity contribution < 1.29 is 0 Å². The third-order valence-electron chi connectivity index (χ3n) is 9.84. The normalized spacial score (nSPS) is 16.8. The third-order valence-corrected chi connectivity index (χ3v) is 9.84. The van der Waals surface area contributed by atoms with Gasteiger partial charge in [0.05, 0.1) is 6.54 Å². The van der Waals surface area contributed by atoms with Gasteiger partial charge in [0.1, 0.15) is 0 Å². The van der Waals surface area contributed by atoms with E-state index in [9.17, 15) is 0 Å². The molecular formula is C51H56N2. The average Bonchev–Trinajstić information content (AvgIpc) is 3.47. The molecule has 0 saturated carbocycles. The number of allylic oxidation sites excluding steroid dienone is 8. The molecule has 0 radical (unpaired) electrons. The van der Waals surface area contributed by atoms with Gasteiger partial charge in [-0.3, -0.25) is 4.99 Å². The summed E-state index contributed by atoms with van der Waals surface area (Å²) in [6.07, 6.45) is 14.9. The van der Waals surface area contributed by atoms with Crippen LogP contribution in [0.5, 0.6) is 0 Å². The Morgan fingerprint density at radius 3 is 2.06 bits per heavy atom. The minimum atomic E-state index is 0.0763. The maximum Gasteiger partial charge on any atom is 0.0544 e. The molecule has 5 aromatic carbocycles. The van der Waals surface area contributed by atoms with E-state index in [1.54, 1.807) is 5.57 Å². The van der Waals surface area contributed by atoms with Gasteiger partial charge in [-0.05, 0) is 106 Å². The van der Waals surface area contributed by atoms with E-state index < -0.39 is 0 Å². The lowest BCUT2D eigenvalue weighted by atomic mass is 9.82. The van der Waals surface area contributed by atoms with Gasteiger partial charge in [-0.15, -0.1) is 0 Å². The lowest BCUT2D eigenvalue weighted by Crippen LogP contribution is -2.26. The molecule has 3 unspecified atom stereocenters. The lowest BCUT2D eigenvalue weighted by molar-refractivity contribution is 0.681. The van der Waals surface area contributed by atoms with Gasteiger partial charge < -0.3 is 5.73 Å². The monoisotopic (exact) mass is 696 g/mol. The average molecular weight is 697 g/mol. The number of hydrogen-bond acceptors (Lipinski definition) is 2. The summed E-state index contributed by atoms with van der Waals surface area (Å²) >= 11 is 0. The first kappa shape index (κ1) is 38.9. The molecule has 0 saturated heterocycles. The van der Waals surface area contributed by atoms with E-state index in [4.69, 9.17) is 5.73 Å². The van der Waals surface area contributed by atoms with Crippen molar-refractivity contribution in [1.29, 1.82) is 0 Å². The van der Waals surface area contributed by atoms with Crippen LogP contribution in [0.2, 0.25) is 0 Å². The molecule has 0 aliphatic heterocycles. The molecule has 2 N–H and O–H groups in total. The zero-order chi connectivity index (χ0) is 37.6. The Hall–Kier alpha value is -5.31. The Kier molecular flexibility index (Phi) is 14.3. The van der Waals surface area contributed by atoms with Crippen molar-refractivity contribution in [3.8, 4) is 22.3 Å². The summed E-state index contributed by atoms with van der Waals surface area (Å²) in [5.74, 6) is 0.984. The van der Waals surface area contributed by atoms with Crippen LogP contribution >= 0.6 is 0 Å². The Labute approximate surface area is 319 Å². The highest BCUT2D eigenvalue weighted by molar-refractivity contribution is 5.85.